The summed E-state index contributed by atoms with van der Waals surface area (Å²) in [4.78, 5) is 4.12. The van der Waals surface area contributed by atoms with E-state index in [1.54, 1.807) is 6.07 Å². The minimum Gasteiger partial charge on any atom is -0.396 e. The molecule has 0 radical (unpaired) electrons. The molecule has 1 aromatic carbocycles. The van der Waals surface area contributed by atoms with Crippen molar-refractivity contribution < 1.29 is 0 Å². The maximum Gasteiger partial charge on any atom is 0.153 e. The predicted octanol–water partition coefficient (Wildman–Crippen LogP) is 3.80. The number of nitrogen functional groups attached to an aromatic ring is 1. The van der Waals surface area contributed by atoms with Gasteiger partial charge in [-0.3, -0.25) is 0 Å². The zero-order chi connectivity index (χ0) is 13.1. The number of halogens is 2. The zero-order valence-corrected chi connectivity index (χ0v) is 12.3. The number of anilines is 3. The molecule has 6 heteroatoms. The molecule has 2 aromatic rings. The number of benzene rings is 1. The lowest BCUT2D eigenvalue weighted by atomic mass is 10.2. The number of nitriles is 1. The molecule has 0 unspecified atom stereocenters. The average Bonchev–Trinajstić information content (AvgIpc) is 2.34. The van der Waals surface area contributed by atoms with Crippen LogP contribution < -0.4 is 11.1 Å². The van der Waals surface area contributed by atoms with Crippen molar-refractivity contribution in [2.45, 2.75) is 0 Å². The van der Waals surface area contributed by atoms with Crippen LogP contribution in [0.15, 0.2) is 39.4 Å². The highest BCUT2D eigenvalue weighted by Crippen LogP contribution is 2.30. The van der Waals surface area contributed by atoms with E-state index < -0.39 is 0 Å². The van der Waals surface area contributed by atoms with Gasteiger partial charge in [0.2, 0.25) is 0 Å². The number of nitrogens with zero attached hydrogens (tertiary/aromatic N) is 2. The monoisotopic (exact) mass is 366 g/mol. The van der Waals surface area contributed by atoms with E-state index in [9.17, 15) is 0 Å². The molecule has 0 bridgehead atoms. The van der Waals surface area contributed by atoms with Crippen LogP contribution in [0.5, 0.6) is 0 Å². The summed E-state index contributed by atoms with van der Waals surface area (Å²) in [7, 11) is 0. The van der Waals surface area contributed by atoms with Crippen LogP contribution in [0.2, 0.25) is 0 Å². The SMILES string of the molecule is N#Cc1cnc(Nc2ccc(Br)cc2Br)c(N)c1. The Morgan fingerprint density at radius 1 is 1.28 bits per heavy atom. The summed E-state index contributed by atoms with van der Waals surface area (Å²) in [5.41, 5.74) is 7.55. The number of nitrogens with two attached hydrogens (primary N) is 1. The van der Waals surface area contributed by atoms with Gasteiger partial charge in [-0.15, -0.1) is 0 Å². The number of aromatic nitrogens is 1. The molecule has 1 heterocycles. The lowest BCUT2D eigenvalue weighted by molar-refractivity contribution is 1.29. The molecule has 3 N–H and O–H groups in total. The summed E-state index contributed by atoms with van der Waals surface area (Å²) in [6, 6.07) is 9.30. The maximum atomic E-state index is 8.74. The number of rotatable bonds is 2. The molecule has 0 aliphatic rings. The first-order valence-corrected chi connectivity index (χ1v) is 6.56. The lowest BCUT2D eigenvalue weighted by Gasteiger charge is -2.10. The van der Waals surface area contributed by atoms with Crippen LogP contribution >= 0.6 is 31.9 Å². The van der Waals surface area contributed by atoms with Gasteiger partial charge >= 0.3 is 0 Å². The van der Waals surface area contributed by atoms with Crippen LogP contribution in [0.25, 0.3) is 0 Å². The summed E-state index contributed by atoms with van der Waals surface area (Å²) in [6.07, 6.45) is 1.48. The Hall–Kier alpha value is -1.58. The molecule has 1 aromatic heterocycles. The van der Waals surface area contributed by atoms with Crippen molar-refractivity contribution in [3.8, 4) is 6.07 Å². The molecule has 0 fully saturated rings. The summed E-state index contributed by atoms with van der Waals surface area (Å²) in [5, 5.41) is 11.8. The van der Waals surface area contributed by atoms with Gasteiger partial charge in [0.15, 0.2) is 5.82 Å². The molecule has 0 saturated heterocycles. The van der Waals surface area contributed by atoms with Crippen LogP contribution in [0.1, 0.15) is 5.56 Å². The molecule has 0 atom stereocenters. The third-order valence-corrected chi connectivity index (χ3v) is 3.38. The Kier molecular flexibility index (Phi) is 3.84. The molecule has 2 rings (SSSR count). The van der Waals surface area contributed by atoms with Gasteiger partial charge in [-0.25, -0.2) is 4.98 Å². The summed E-state index contributed by atoms with van der Waals surface area (Å²) >= 11 is 6.82. The molecule has 90 valence electrons. The van der Waals surface area contributed by atoms with E-state index in [4.69, 9.17) is 11.0 Å². The zero-order valence-electron chi connectivity index (χ0n) is 9.11. The van der Waals surface area contributed by atoms with E-state index in [1.165, 1.54) is 6.20 Å². The Bertz CT molecular complexity index is 634. The van der Waals surface area contributed by atoms with Gasteiger partial charge in [-0.05, 0) is 40.2 Å². The highest BCUT2D eigenvalue weighted by atomic mass is 79.9. The van der Waals surface area contributed by atoms with Crippen molar-refractivity contribution in [2.24, 2.45) is 0 Å². The van der Waals surface area contributed by atoms with E-state index in [1.807, 2.05) is 24.3 Å². The highest BCUT2D eigenvalue weighted by Gasteiger charge is 2.06. The van der Waals surface area contributed by atoms with E-state index in [0.717, 1.165) is 14.6 Å². The third-order valence-electron chi connectivity index (χ3n) is 2.23. The van der Waals surface area contributed by atoms with E-state index in [0.29, 0.717) is 17.1 Å². The first kappa shape index (κ1) is 12.9. The Morgan fingerprint density at radius 2 is 2.06 bits per heavy atom. The van der Waals surface area contributed by atoms with Gasteiger partial charge < -0.3 is 11.1 Å². The second-order valence-corrected chi connectivity index (χ2v) is 5.29. The standard InChI is InChI=1S/C12H8Br2N4/c13-8-1-2-11(9(14)4-8)18-12-10(16)3-7(5-15)6-17-12/h1-4,6H,16H2,(H,17,18). The van der Waals surface area contributed by atoms with Crippen molar-refractivity contribution in [3.05, 3.63) is 45.0 Å². The normalized spacial score (nSPS) is 9.83. The Balaban J connectivity index is 2.32. The molecular weight excluding hydrogens is 360 g/mol. The van der Waals surface area contributed by atoms with Gasteiger partial charge in [0, 0.05) is 15.1 Å². The van der Waals surface area contributed by atoms with Crippen molar-refractivity contribution in [1.29, 1.82) is 5.26 Å². The van der Waals surface area contributed by atoms with Crippen LogP contribution in [-0.2, 0) is 0 Å². The summed E-state index contributed by atoms with van der Waals surface area (Å²) in [5.74, 6) is 0.525. The van der Waals surface area contributed by atoms with Crippen molar-refractivity contribution >= 4 is 49.1 Å². The van der Waals surface area contributed by atoms with Crippen molar-refractivity contribution in [3.63, 3.8) is 0 Å². The fraction of sp³-hybridized carbons (Fsp3) is 0. The fourth-order valence-corrected chi connectivity index (χ4v) is 2.51. The Labute approximate surface area is 121 Å². The fourth-order valence-electron chi connectivity index (χ4n) is 1.37. The molecule has 0 aliphatic heterocycles. The second-order valence-electron chi connectivity index (χ2n) is 3.52. The van der Waals surface area contributed by atoms with Crippen LogP contribution in [-0.4, -0.2) is 4.98 Å². The minimum absolute atomic E-state index is 0.434. The molecule has 4 nitrogen and oxygen atoms in total. The Morgan fingerprint density at radius 3 is 2.67 bits per heavy atom. The molecule has 0 amide bonds. The number of pyridine rings is 1. The van der Waals surface area contributed by atoms with Gasteiger partial charge in [-0.1, -0.05) is 15.9 Å². The number of hydrogen-bond donors (Lipinski definition) is 2. The first-order valence-electron chi connectivity index (χ1n) is 4.98. The van der Waals surface area contributed by atoms with E-state index in [-0.39, 0.29) is 0 Å². The topological polar surface area (TPSA) is 74.7 Å². The van der Waals surface area contributed by atoms with E-state index >= 15 is 0 Å². The first-order chi connectivity index (χ1) is 8.60. The number of nitrogens with one attached hydrogen (secondary N) is 1. The molecule has 18 heavy (non-hydrogen) atoms. The van der Waals surface area contributed by atoms with Crippen molar-refractivity contribution in [1.82, 2.24) is 4.98 Å². The minimum atomic E-state index is 0.434. The second kappa shape index (κ2) is 5.38. The molecular formula is C12H8Br2N4. The molecule has 0 spiro atoms. The molecule has 0 saturated carbocycles. The smallest absolute Gasteiger partial charge is 0.153 e. The average molecular weight is 368 g/mol. The summed E-state index contributed by atoms with van der Waals surface area (Å²) < 4.78 is 1.86. The van der Waals surface area contributed by atoms with Crippen LogP contribution in [0, 0.1) is 11.3 Å². The largest absolute Gasteiger partial charge is 0.396 e. The predicted molar refractivity (Wildman–Crippen MR) is 78.5 cm³/mol. The van der Waals surface area contributed by atoms with Gasteiger partial charge in [-0.2, -0.15) is 5.26 Å². The van der Waals surface area contributed by atoms with Crippen LogP contribution in [0.4, 0.5) is 17.2 Å². The maximum absolute atomic E-state index is 8.74. The van der Waals surface area contributed by atoms with Gasteiger partial charge in [0.1, 0.15) is 6.07 Å². The highest BCUT2D eigenvalue weighted by molar-refractivity contribution is 9.11. The van der Waals surface area contributed by atoms with Gasteiger partial charge in [0.05, 0.1) is 16.9 Å². The number of hydrogen-bond acceptors (Lipinski definition) is 4. The van der Waals surface area contributed by atoms with Crippen molar-refractivity contribution in [2.75, 3.05) is 11.1 Å². The van der Waals surface area contributed by atoms with E-state index in [2.05, 4.69) is 42.2 Å². The summed E-state index contributed by atoms with van der Waals surface area (Å²) in [6.45, 7) is 0. The quantitative estimate of drug-likeness (QED) is 0.846. The van der Waals surface area contributed by atoms with Gasteiger partial charge in [0.25, 0.3) is 0 Å². The lowest BCUT2D eigenvalue weighted by Crippen LogP contribution is -2.00. The van der Waals surface area contributed by atoms with Crippen LogP contribution in [0.3, 0.4) is 0 Å². The molecule has 0 aliphatic carbocycles. The third kappa shape index (κ3) is 2.81.